The molecule has 1 amide bonds. The predicted molar refractivity (Wildman–Crippen MR) is 97.6 cm³/mol. The monoisotopic (exact) mass is 355 g/mol. The van der Waals surface area contributed by atoms with E-state index in [1.54, 1.807) is 0 Å². The van der Waals surface area contributed by atoms with E-state index >= 15 is 0 Å². The van der Waals surface area contributed by atoms with Gasteiger partial charge in [0.05, 0.1) is 11.0 Å². The molecule has 2 heterocycles. The average molecular weight is 355 g/mol. The molecule has 1 aromatic carbocycles. The number of hydrogen-bond acceptors (Lipinski definition) is 3. The zero-order chi connectivity index (χ0) is 18.3. The molecule has 1 aliphatic heterocycles. The Morgan fingerprint density at radius 3 is 2.65 bits per heavy atom. The van der Waals surface area contributed by atoms with Gasteiger partial charge < -0.3 is 14.6 Å². The second-order valence-electron chi connectivity index (χ2n) is 7.75. The Morgan fingerprint density at radius 2 is 1.96 bits per heavy atom. The van der Waals surface area contributed by atoms with E-state index < -0.39 is 5.97 Å². The van der Waals surface area contributed by atoms with Crippen LogP contribution in [0.1, 0.15) is 31.5 Å². The lowest BCUT2D eigenvalue weighted by atomic mass is 9.81. The quantitative estimate of drug-likeness (QED) is 0.894. The lowest BCUT2D eigenvalue weighted by molar-refractivity contribution is -0.140. The molecule has 1 N–H and O–H groups in total. The van der Waals surface area contributed by atoms with Gasteiger partial charge >= 0.3 is 5.97 Å². The number of imidazole rings is 1. The highest BCUT2D eigenvalue weighted by Gasteiger charge is 2.38. The molecule has 1 saturated carbocycles. The van der Waals surface area contributed by atoms with E-state index in [0.717, 1.165) is 36.1 Å². The van der Waals surface area contributed by atoms with Gasteiger partial charge in [0.1, 0.15) is 5.82 Å². The molecule has 6 nitrogen and oxygen atoms in total. The molecule has 2 aliphatic rings. The number of likely N-dealkylation sites (tertiary alicyclic amines) is 1. The van der Waals surface area contributed by atoms with Gasteiger partial charge in [-0.05, 0) is 43.2 Å². The molecule has 0 bridgehead atoms. The van der Waals surface area contributed by atoms with Crippen LogP contribution < -0.4 is 0 Å². The standard InChI is InChI=1S/C20H25N3O3/c1-22-17-5-3-2-4-16(17)21-18(22)10-15-12-23(20(26)13-6-7-13)9-8-14(15)11-19(24)25/h2-5,13-15H,6-12H2,1H3,(H,24,25)/t14-,15-/m0/s1. The largest absolute Gasteiger partial charge is 0.481 e. The maximum absolute atomic E-state index is 12.5. The number of aliphatic carboxylic acids is 1. The van der Waals surface area contributed by atoms with Crippen LogP contribution in [0.5, 0.6) is 0 Å². The first-order valence-electron chi connectivity index (χ1n) is 9.44. The molecule has 1 aromatic heterocycles. The van der Waals surface area contributed by atoms with Crippen LogP contribution in [0.15, 0.2) is 24.3 Å². The van der Waals surface area contributed by atoms with Crippen LogP contribution >= 0.6 is 0 Å². The zero-order valence-electron chi connectivity index (χ0n) is 15.1. The van der Waals surface area contributed by atoms with Crippen LogP contribution in [0.25, 0.3) is 11.0 Å². The molecule has 0 spiro atoms. The molecule has 6 heteroatoms. The lowest BCUT2D eigenvalue weighted by Gasteiger charge is -2.38. The summed E-state index contributed by atoms with van der Waals surface area (Å²) in [7, 11) is 2.01. The minimum Gasteiger partial charge on any atom is -0.481 e. The molecule has 0 unspecified atom stereocenters. The molecule has 4 rings (SSSR count). The molecule has 26 heavy (non-hydrogen) atoms. The fourth-order valence-electron chi connectivity index (χ4n) is 4.21. The van der Waals surface area contributed by atoms with E-state index in [0.29, 0.717) is 19.5 Å². The van der Waals surface area contributed by atoms with Crippen LogP contribution in [0.4, 0.5) is 0 Å². The topological polar surface area (TPSA) is 75.4 Å². The normalized spacial score (nSPS) is 23.3. The highest BCUT2D eigenvalue weighted by Crippen LogP contribution is 2.35. The van der Waals surface area contributed by atoms with Crippen molar-refractivity contribution in [1.82, 2.24) is 14.5 Å². The van der Waals surface area contributed by atoms with Gasteiger partial charge in [-0.2, -0.15) is 0 Å². The summed E-state index contributed by atoms with van der Waals surface area (Å²) in [5.41, 5.74) is 2.04. The predicted octanol–water partition coefficient (Wildman–Crippen LogP) is 2.47. The van der Waals surface area contributed by atoms with Gasteiger partial charge in [0.25, 0.3) is 0 Å². The van der Waals surface area contributed by atoms with Crippen molar-refractivity contribution in [1.29, 1.82) is 0 Å². The lowest BCUT2D eigenvalue weighted by Crippen LogP contribution is -2.45. The van der Waals surface area contributed by atoms with Crippen LogP contribution in [-0.2, 0) is 23.1 Å². The summed E-state index contributed by atoms with van der Waals surface area (Å²) in [6.45, 7) is 1.34. The maximum Gasteiger partial charge on any atom is 0.303 e. The second-order valence-corrected chi connectivity index (χ2v) is 7.75. The number of carboxylic acids is 1. The first kappa shape index (κ1) is 17.1. The molecule has 0 radical (unpaired) electrons. The Morgan fingerprint density at radius 1 is 1.19 bits per heavy atom. The number of piperidine rings is 1. The minimum absolute atomic E-state index is 0.0931. The first-order valence-corrected chi connectivity index (χ1v) is 9.44. The highest BCUT2D eigenvalue weighted by atomic mass is 16.4. The van der Waals surface area contributed by atoms with Gasteiger partial charge in [0, 0.05) is 38.9 Å². The van der Waals surface area contributed by atoms with Gasteiger partial charge in [0.15, 0.2) is 0 Å². The van der Waals surface area contributed by atoms with E-state index in [1.807, 2.05) is 36.2 Å². The van der Waals surface area contributed by atoms with Gasteiger partial charge in [-0.15, -0.1) is 0 Å². The zero-order valence-corrected chi connectivity index (χ0v) is 15.1. The first-order chi connectivity index (χ1) is 12.5. The van der Waals surface area contributed by atoms with Crippen molar-refractivity contribution in [3.63, 3.8) is 0 Å². The Labute approximate surface area is 152 Å². The van der Waals surface area contributed by atoms with Crippen LogP contribution in [-0.4, -0.2) is 44.5 Å². The molecular weight excluding hydrogens is 330 g/mol. The SMILES string of the molecule is Cn1c(C[C@H]2CN(C(=O)C3CC3)CC[C@H]2CC(=O)O)nc2ccccc21. The molecule has 1 aliphatic carbocycles. The molecular formula is C20H25N3O3. The highest BCUT2D eigenvalue weighted by molar-refractivity contribution is 5.81. The number of carbonyl (C=O) groups excluding carboxylic acids is 1. The number of para-hydroxylation sites is 2. The minimum atomic E-state index is -0.757. The number of nitrogens with zero attached hydrogens (tertiary/aromatic N) is 3. The molecule has 2 fully saturated rings. The van der Waals surface area contributed by atoms with E-state index in [1.165, 1.54) is 0 Å². The van der Waals surface area contributed by atoms with E-state index in [2.05, 4.69) is 4.57 Å². The van der Waals surface area contributed by atoms with Crippen LogP contribution in [0.3, 0.4) is 0 Å². The number of carbonyl (C=O) groups is 2. The second kappa shape index (κ2) is 6.74. The molecule has 2 atom stereocenters. The smallest absolute Gasteiger partial charge is 0.303 e. The van der Waals surface area contributed by atoms with Gasteiger partial charge in [-0.3, -0.25) is 9.59 Å². The Bertz CT molecular complexity index is 840. The third-order valence-electron chi connectivity index (χ3n) is 5.89. The van der Waals surface area contributed by atoms with E-state index in [-0.39, 0.29) is 30.1 Å². The number of aryl methyl sites for hydroxylation is 1. The van der Waals surface area contributed by atoms with Crippen molar-refractivity contribution >= 4 is 22.9 Å². The van der Waals surface area contributed by atoms with Crippen molar-refractivity contribution < 1.29 is 14.7 Å². The molecule has 2 aromatic rings. The van der Waals surface area contributed by atoms with Crippen molar-refractivity contribution in [2.24, 2.45) is 24.8 Å². The van der Waals surface area contributed by atoms with Crippen LogP contribution in [0, 0.1) is 17.8 Å². The van der Waals surface area contributed by atoms with Gasteiger partial charge in [-0.25, -0.2) is 4.98 Å². The Hall–Kier alpha value is -2.37. The number of fused-ring (bicyclic) bond motifs is 1. The van der Waals surface area contributed by atoms with Crippen molar-refractivity contribution in [2.45, 2.75) is 32.1 Å². The number of rotatable bonds is 5. The fourth-order valence-corrected chi connectivity index (χ4v) is 4.21. The summed E-state index contributed by atoms with van der Waals surface area (Å²) >= 11 is 0. The number of amides is 1. The van der Waals surface area contributed by atoms with E-state index in [9.17, 15) is 14.7 Å². The fraction of sp³-hybridized carbons (Fsp3) is 0.550. The summed E-state index contributed by atoms with van der Waals surface area (Å²) in [6.07, 6.45) is 3.64. The number of hydrogen-bond donors (Lipinski definition) is 1. The summed E-state index contributed by atoms with van der Waals surface area (Å²) < 4.78 is 2.09. The number of aromatic nitrogens is 2. The third-order valence-corrected chi connectivity index (χ3v) is 5.89. The van der Waals surface area contributed by atoms with Gasteiger partial charge in [0.2, 0.25) is 5.91 Å². The van der Waals surface area contributed by atoms with E-state index in [4.69, 9.17) is 4.98 Å². The Kier molecular flexibility index (Phi) is 4.42. The van der Waals surface area contributed by atoms with Crippen molar-refractivity contribution in [3.05, 3.63) is 30.1 Å². The van der Waals surface area contributed by atoms with Crippen molar-refractivity contribution in [3.8, 4) is 0 Å². The maximum atomic E-state index is 12.5. The van der Waals surface area contributed by atoms with Crippen molar-refractivity contribution in [2.75, 3.05) is 13.1 Å². The summed E-state index contributed by atoms with van der Waals surface area (Å²) in [5.74, 6) is 0.907. The number of carboxylic acid groups (broad SMARTS) is 1. The Balaban J connectivity index is 1.56. The molecule has 1 saturated heterocycles. The number of benzene rings is 1. The third kappa shape index (κ3) is 3.32. The summed E-state index contributed by atoms with van der Waals surface area (Å²) in [5, 5.41) is 9.29. The van der Waals surface area contributed by atoms with Gasteiger partial charge in [-0.1, -0.05) is 12.1 Å². The summed E-state index contributed by atoms with van der Waals surface area (Å²) in [4.78, 5) is 30.5. The van der Waals surface area contributed by atoms with Crippen LogP contribution in [0.2, 0.25) is 0 Å². The molecule has 138 valence electrons. The summed E-state index contributed by atoms with van der Waals surface area (Å²) in [6, 6.07) is 8.02. The average Bonchev–Trinajstić information content (AvgIpc) is 3.42.